The van der Waals surface area contributed by atoms with Crippen molar-refractivity contribution in [1.82, 2.24) is 9.80 Å². The van der Waals surface area contributed by atoms with Gasteiger partial charge in [0, 0.05) is 31.6 Å². The molecule has 5 heteroatoms. The molecule has 1 aliphatic heterocycles. The molecule has 1 aliphatic rings. The number of nitrogens with zero attached hydrogens (tertiary/aromatic N) is 2. The molecule has 1 rings (SSSR count). The number of carbonyl (C=O) groups is 2. The van der Waals surface area contributed by atoms with Crippen LogP contribution in [0.4, 0.5) is 4.79 Å². The first-order chi connectivity index (χ1) is 8.71. The predicted octanol–water partition coefficient (Wildman–Crippen LogP) is 1.97. The molecule has 1 heterocycles. The van der Waals surface area contributed by atoms with Crippen LogP contribution < -0.4 is 0 Å². The smallest absolute Gasteiger partial charge is 0.409 e. The second-order valence-electron chi connectivity index (χ2n) is 6.50. The Bertz CT molecular complexity index is 326. The highest BCUT2D eigenvalue weighted by atomic mass is 16.6. The third kappa shape index (κ3) is 4.73. The lowest BCUT2D eigenvalue weighted by atomic mass is 9.94. The second-order valence-corrected chi connectivity index (χ2v) is 6.50. The molecule has 0 spiro atoms. The van der Waals surface area contributed by atoms with Crippen molar-refractivity contribution in [3.05, 3.63) is 0 Å². The molecule has 0 aromatic rings. The minimum atomic E-state index is -0.361. The Kier molecular flexibility index (Phi) is 5.20. The number of hydrogen-bond donors (Lipinski definition) is 0. The van der Waals surface area contributed by atoms with Crippen LogP contribution in [-0.2, 0) is 9.53 Å². The zero-order valence-electron chi connectivity index (χ0n) is 12.7. The number of piperazine rings is 1. The lowest BCUT2D eigenvalue weighted by Crippen LogP contribution is -2.53. The molecule has 1 fully saturated rings. The lowest BCUT2D eigenvalue weighted by molar-refractivity contribution is -0.141. The summed E-state index contributed by atoms with van der Waals surface area (Å²) < 4.78 is 5.19. The minimum absolute atomic E-state index is 0.141. The summed E-state index contributed by atoms with van der Waals surface area (Å²) in [6.07, 6.45) is -0.267. The van der Waals surface area contributed by atoms with E-state index in [-0.39, 0.29) is 17.4 Å². The van der Waals surface area contributed by atoms with Crippen molar-refractivity contribution in [2.75, 3.05) is 32.8 Å². The van der Waals surface area contributed by atoms with Crippen molar-refractivity contribution in [3.8, 4) is 0 Å². The number of ether oxygens (including phenoxy) is 1. The van der Waals surface area contributed by atoms with Crippen molar-refractivity contribution in [3.63, 3.8) is 0 Å². The van der Waals surface area contributed by atoms with Crippen molar-refractivity contribution in [2.45, 2.75) is 34.6 Å². The lowest BCUT2D eigenvalue weighted by Gasteiger charge is -2.37. The summed E-state index contributed by atoms with van der Waals surface area (Å²) in [6.45, 7) is 12.5. The first-order valence-corrected chi connectivity index (χ1v) is 6.93. The highest BCUT2D eigenvalue weighted by Gasteiger charge is 2.31. The Morgan fingerprint density at radius 2 is 1.53 bits per heavy atom. The van der Waals surface area contributed by atoms with E-state index < -0.39 is 0 Å². The van der Waals surface area contributed by atoms with E-state index in [4.69, 9.17) is 4.74 Å². The van der Waals surface area contributed by atoms with E-state index in [1.165, 1.54) is 0 Å². The molecule has 5 nitrogen and oxygen atoms in total. The quantitative estimate of drug-likeness (QED) is 0.771. The summed E-state index contributed by atoms with van der Waals surface area (Å²) >= 11 is 0. The molecule has 0 bridgehead atoms. The fourth-order valence-corrected chi connectivity index (χ4v) is 1.90. The normalized spacial score (nSPS) is 16.7. The van der Waals surface area contributed by atoms with Crippen molar-refractivity contribution in [1.29, 1.82) is 0 Å². The maximum absolute atomic E-state index is 12.1. The molecular formula is C14H26N2O3. The van der Waals surface area contributed by atoms with Gasteiger partial charge in [-0.05, 0) is 5.92 Å². The van der Waals surface area contributed by atoms with Gasteiger partial charge >= 0.3 is 6.09 Å². The highest BCUT2D eigenvalue weighted by Crippen LogP contribution is 2.18. The van der Waals surface area contributed by atoms with Crippen molar-refractivity contribution >= 4 is 12.0 Å². The van der Waals surface area contributed by atoms with E-state index in [1.54, 1.807) is 4.90 Å². The van der Waals surface area contributed by atoms with E-state index in [0.717, 1.165) is 0 Å². The number of hydrogen-bond acceptors (Lipinski definition) is 3. The van der Waals surface area contributed by atoms with Gasteiger partial charge in [-0.15, -0.1) is 0 Å². The van der Waals surface area contributed by atoms with Crippen LogP contribution in [-0.4, -0.2) is 54.6 Å². The molecule has 19 heavy (non-hydrogen) atoms. The summed E-state index contributed by atoms with van der Waals surface area (Å²) in [5.41, 5.74) is -0.361. The molecule has 0 aromatic heterocycles. The Morgan fingerprint density at radius 1 is 1.05 bits per heavy atom. The highest BCUT2D eigenvalue weighted by molar-refractivity contribution is 5.81. The minimum Gasteiger partial charge on any atom is -0.449 e. The molecule has 0 aliphatic carbocycles. The SMILES string of the molecule is CC(C)COC(=O)N1CCN(C(=O)C(C)(C)C)CC1. The number of amides is 2. The van der Waals surface area contributed by atoms with Crippen LogP contribution in [0.3, 0.4) is 0 Å². The molecule has 0 saturated carbocycles. The topological polar surface area (TPSA) is 49.9 Å². The Labute approximate surface area is 115 Å². The standard InChI is InChI=1S/C14H26N2O3/c1-11(2)10-19-13(18)16-8-6-15(7-9-16)12(17)14(3,4)5/h11H,6-10H2,1-5H3. The number of carbonyl (C=O) groups excluding carboxylic acids is 2. The van der Waals surface area contributed by atoms with E-state index >= 15 is 0 Å². The van der Waals surface area contributed by atoms with Gasteiger partial charge in [0.05, 0.1) is 6.61 Å². The Hall–Kier alpha value is -1.26. The Balaban J connectivity index is 2.41. The van der Waals surface area contributed by atoms with Gasteiger partial charge in [0.15, 0.2) is 0 Å². The van der Waals surface area contributed by atoms with Crippen LogP contribution in [0.1, 0.15) is 34.6 Å². The zero-order valence-corrected chi connectivity index (χ0v) is 12.7. The van der Waals surface area contributed by atoms with Crippen LogP contribution in [0, 0.1) is 11.3 Å². The van der Waals surface area contributed by atoms with Gasteiger partial charge < -0.3 is 14.5 Å². The maximum Gasteiger partial charge on any atom is 0.409 e. The first-order valence-electron chi connectivity index (χ1n) is 6.93. The Morgan fingerprint density at radius 3 is 1.95 bits per heavy atom. The van der Waals surface area contributed by atoms with Crippen LogP contribution in [0.15, 0.2) is 0 Å². The van der Waals surface area contributed by atoms with Crippen molar-refractivity contribution < 1.29 is 14.3 Å². The van der Waals surface area contributed by atoms with Gasteiger partial charge in [0.2, 0.25) is 5.91 Å². The third-order valence-electron chi connectivity index (χ3n) is 3.01. The van der Waals surface area contributed by atoms with Crippen LogP contribution >= 0.6 is 0 Å². The zero-order chi connectivity index (χ0) is 14.6. The van der Waals surface area contributed by atoms with Gasteiger partial charge in [0.25, 0.3) is 0 Å². The van der Waals surface area contributed by atoms with Crippen LogP contribution in [0.2, 0.25) is 0 Å². The first kappa shape index (κ1) is 15.8. The van der Waals surface area contributed by atoms with E-state index in [0.29, 0.717) is 38.7 Å². The summed E-state index contributed by atoms with van der Waals surface area (Å²) in [5.74, 6) is 0.482. The van der Waals surface area contributed by atoms with Gasteiger partial charge in [-0.3, -0.25) is 4.79 Å². The molecule has 0 unspecified atom stereocenters. The van der Waals surface area contributed by atoms with E-state index in [1.807, 2.05) is 39.5 Å². The van der Waals surface area contributed by atoms with E-state index in [2.05, 4.69) is 0 Å². The fourth-order valence-electron chi connectivity index (χ4n) is 1.90. The molecule has 0 N–H and O–H groups in total. The summed E-state index contributed by atoms with van der Waals surface area (Å²) in [4.78, 5) is 27.4. The fraction of sp³-hybridized carbons (Fsp3) is 0.857. The monoisotopic (exact) mass is 270 g/mol. The third-order valence-corrected chi connectivity index (χ3v) is 3.01. The van der Waals surface area contributed by atoms with Crippen LogP contribution in [0.25, 0.3) is 0 Å². The van der Waals surface area contributed by atoms with Gasteiger partial charge in [-0.1, -0.05) is 34.6 Å². The molecule has 1 saturated heterocycles. The van der Waals surface area contributed by atoms with Gasteiger partial charge in [-0.2, -0.15) is 0 Å². The maximum atomic E-state index is 12.1. The molecule has 0 atom stereocenters. The average Bonchev–Trinajstić information content (AvgIpc) is 2.34. The van der Waals surface area contributed by atoms with E-state index in [9.17, 15) is 9.59 Å². The van der Waals surface area contributed by atoms with Gasteiger partial charge in [0.1, 0.15) is 0 Å². The van der Waals surface area contributed by atoms with Crippen LogP contribution in [0.5, 0.6) is 0 Å². The van der Waals surface area contributed by atoms with Gasteiger partial charge in [-0.25, -0.2) is 4.79 Å². The van der Waals surface area contributed by atoms with Crippen molar-refractivity contribution in [2.24, 2.45) is 11.3 Å². The molecule has 2 amide bonds. The molecule has 0 radical (unpaired) electrons. The predicted molar refractivity (Wildman–Crippen MR) is 73.8 cm³/mol. The second kappa shape index (κ2) is 6.26. The average molecular weight is 270 g/mol. The number of rotatable bonds is 2. The molecule has 110 valence electrons. The molecule has 0 aromatic carbocycles. The molecular weight excluding hydrogens is 244 g/mol. The summed E-state index contributed by atoms with van der Waals surface area (Å²) in [6, 6.07) is 0. The summed E-state index contributed by atoms with van der Waals surface area (Å²) in [7, 11) is 0. The summed E-state index contributed by atoms with van der Waals surface area (Å²) in [5, 5.41) is 0. The largest absolute Gasteiger partial charge is 0.449 e.